The Kier molecular flexibility index (Phi) is 3.14. The maximum absolute atomic E-state index is 6.22. The lowest BCUT2D eigenvalue weighted by molar-refractivity contribution is 0.769. The third-order valence-electron chi connectivity index (χ3n) is 5.33. The van der Waals surface area contributed by atoms with Gasteiger partial charge in [-0.1, -0.05) is 78.9 Å². The fraction of sp³-hybridized carbons (Fsp3) is 0.0400. The van der Waals surface area contributed by atoms with Crippen LogP contribution in [0.2, 0.25) is 0 Å². The largest absolute Gasteiger partial charge is 0.399 e. The minimum Gasteiger partial charge on any atom is -0.399 e. The van der Waals surface area contributed by atoms with Crippen LogP contribution in [0.1, 0.15) is 22.3 Å². The lowest BCUT2D eigenvalue weighted by Crippen LogP contribution is -2.28. The fourth-order valence-electron chi connectivity index (χ4n) is 4.29. The van der Waals surface area contributed by atoms with E-state index in [0.717, 1.165) is 11.3 Å². The number of fused-ring (bicyclic) bond motifs is 3. The molecule has 4 aromatic rings. The van der Waals surface area contributed by atoms with Crippen LogP contribution in [0.25, 0.3) is 11.1 Å². The van der Waals surface area contributed by atoms with Gasteiger partial charge in [0.05, 0.1) is 5.41 Å². The summed E-state index contributed by atoms with van der Waals surface area (Å²) in [5.74, 6) is 0. The Hall–Kier alpha value is -3.50. The smallest absolute Gasteiger partial charge is 0.0793 e. The molecule has 0 saturated heterocycles. The van der Waals surface area contributed by atoms with E-state index in [1.807, 2.05) is 12.1 Å². The quantitative estimate of drug-likeness (QED) is 0.440. The normalized spacial score (nSPS) is 13.5. The van der Waals surface area contributed by atoms with Crippen molar-refractivity contribution < 1.29 is 0 Å². The van der Waals surface area contributed by atoms with Gasteiger partial charge in [-0.15, -0.1) is 0 Å². The van der Waals surface area contributed by atoms with Crippen molar-refractivity contribution in [1.29, 1.82) is 0 Å². The summed E-state index contributed by atoms with van der Waals surface area (Å²) in [6.07, 6.45) is 0. The molecular formula is C25H17N. The van der Waals surface area contributed by atoms with Crippen molar-refractivity contribution in [2.45, 2.75) is 5.41 Å². The lowest BCUT2D eigenvalue weighted by atomic mass is 9.68. The van der Waals surface area contributed by atoms with Crippen molar-refractivity contribution in [3.63, 3.8) is 0 Å². The van der Waals surface area contributed by atoms with Gasteiger partial charge in [0.15, 0.2) is 0 Å². The van der Waals surface area contributed by atoms with Gasteiger partial charge in [0.1, 0.15) is 0 Å². The van der Waals surface area contributed by atoms with Crippen molar-refractivity contribution in [1.82, 2.24) is 0 Å². The van der Waals surface area contributed by atoms with Gasteiger partial charge in [0, 0.05) is 11.3 Å². The Morgan fingerprint density at radius 2 is 1.35 bits per heavy atom. The van der Waals surface area contributed by atoms with Crippen LogP contribution in [0, 0.1) is 12.1 Å². The Balaban J connectivity index is 1.99. The van der Waals surface area contributed by atoms with E-state index in [1.165, 1.54) is 27.8 Å². The SMILES string of the molecule is Nc1ccc2c(c1)C(c1ccccc1)(c1ccccc1)c1c#cccc1-2. The van der Waals surface area contributed by atoms with Crippen molar-refractivity contribution in [2.75, 3.05) is 5.73 Å². The predicted octanol–water partition coefficient (Wildman–Crippen LogP) is 5.23. The van der Waals surface area contributed by atoms with Crippen LogP contribution < -0.4 is 5.73 Å². The fourth-order valence-corrected chi connectivity index (χ4v) is 4.29. The molecule has 0 spiro atoms. The second-order valence-electron chi connectivity index (χ2n) is 6.68. The molecule has 1 aliphatic carbocycles. The summed E-state index contributed by atoms with van der Waals surface area (Å²) < 4.78 is 0. The van der Waals surface area contributed by atoms with Gasteiger partial charge >= 0.3 is 0 Å². The third-order valence-corrected chi connectivity index (χ3v) is 5.33. The number of anilines is 1. The zero-order valence-corrected chi connectivity index (χ0v) is 14.2. The Morgan fingerprint density at radius 1 is 0.692 bits per heavy atom. The second-order valence-corrected chi connectivity index (χ2v) is 6.68. The topological polar surface area (TPSA) is 26.0 Å². The van der Waals surface area contributed by atoms with Gasteiger partial charge in [-0.25, -0.2) is 0 Å². The first-order chi connectivity index (χ1) is 12.8. The first kappa shape index (κ1) is 14.8. The van der Waals surface area contributed by atoms with E-state index in [0.29, 0.717) is 0 Å². The number of benzene rings is 3. The van der Waals surface area contributed by atoms with Crippen LogP contribution in [-0.4, -0.2) is 0 Å². The maximum Gasteiger partial charge on any atom is 0.0793 e. The third kappa shape index (κ3) is 1.87. The summed E-state index contributed by atoms with van der Waals surface area (Å²) in [7, 11) is 0. The van der Waals surface area contributed by atoms with E-state index >= 15 is 0 Å². The molecule has 0 amide bonds. The van der Waals surface area contributed by atoms with Gasteiger partial charge in [0.25, 0.3) is 0 Å². The molecule has 1 nitrogen and oxygen atoms in total. The van der Waals surface area contributed by atoms with Crippen molar-refractivity contribution in [3.8, 4) is 11.1 Å². The van der Waals surface area contributed by atoms with E-state index < -0.39 is 5.41 Å². The summed E-state index contributed by atoms with van der Waals surface area (Å²) in [4.78, 5) is 0. The standard InChI is InChI=1S/C25H17N/c26-20-15-16-22-21-13-7-8-14-23(21)25(24(22)17-20,18-9-3-1-4-10-18)19-11-5-2-6-12-19/h1-7,9-13,15-17H,26H2. The van der Waals surface area contributed by atoms with Gasteiger partial charge in [0.2, 0.25) is 0 Å². The highest BCUT2D eigenvalue weighted by Crippen LogP contribution is 2.55. The summed E-state index contributed by atoms with van der Waals surface area (Å²) in [6, 6.07) is 38.2. The molecule has 0 atom stereocenters. The maximum atomic E-state index is 6.22. The van der Waals surface area contributed by atoms with Gasteiger partial charge in [-0.3, -0.25) is 0 Å². The van der Waals surface area contributed by atoms with Crippen molar-refractivity contribution >= 4 is 5.69 Å². The zero-order valence-electron chi connectivity index (χ0n) is 14.2. The summed E-state index contributed by atoms with van der Waals surface area (Å²) in [5, 5.41) is 0. The molecule has 0 unspecified atom stereocenters. The van der Waals surface area contributed by atoms with E-state index in [4.69, 9.17) is 5.73 Å². The summed E-state index contributed by atoms with van der Waals surface area (Å²) in [6.45, 7) is 0. The highest BCUT2D eigenvalue weighted by atomic mass is 14.6. The predicted molar refractivity (Wildman–Crippen MR) is 106 cm³/mol. The van der Waals surface area contributed by atoms with Gasteiger partial charge in [-0.2, -0.15) is 0 Å². The van der Waals surface area contributed by atoms with Gasteiger partial charge in [-0.05, 0) is 52.1 Å². The molecule has 122 valence electrons. The minimum atomic E-state index is -0.430. The molecule has 0 heterocycles. The molecule has 0 fully saturated rings. The summed E-state index contributed by atoms with van der Waals surface area (Å²) in [5.41, 5.74) is 13.8. The van der Waals surface area contributed by atoms with Crippen molar-refractivity contribution in [3.05, 3.63) is 125 Å². The Morgan fingerprint density at radius 3 is 2.00 bits per heavy atom. The molecule has 0 aromatic heterocycles. The molecule has 5 rings (SSSR count). The van der Waals surface area contributed by atoms with Crippen LogP contribution >= 0.6 is 0 Å². The van der Waals surface area contributed by atoms with Crippen LogP contribution in [0.5, 0.6) is 0 Å². The summed E-state index contributed by atoms with van der Waals surface area (Å²) >= 11 is 0. The highest BCUT2D eigenvalue weighted by molar-refractivity contribution is 5.86. The molecular weight excluding hydrogens is 314 g/mol. The molecule has 1 aliphatic rings. The van der Waals surface area contributed by atoms with Crippen LogP contribution in [0.3, 0.4) is 0 Å². The lowest BCUT2D eigenvalue weighted by Gasteiger charge is -2.32. The van der Waals surface area contributed by atoms with Crippen LogP contribution in [0.15, 0.2) is 91.0 Å². The molecule has 26 heavy (non-hydrogen) atoms. The first-order valence-corrected chi connectivity index (χ1v) is 8.76. The average Bonchev–Trinajstić information content (AvgIpc) is 3.00. The molecule has 0 saturated carbocycles. The van der Waals surface area contributed by atoms with E-state index in [1.54, 1.807) is 0 Å². The number of hydrogen-bond acceptors (Lipinski definition) is 1. The second kappa shape index (κ2) is 5.51. The first-order valence-electron chi connectivity index (χ1n) is 8.76. The number of nitrogen functional groups attached to an aromatic ring is 1. The molecule has 0 aliphatic heterocycles. The molecule has 4 aromatic carbocycles. The van der Waals surface area contributed by atoms with E-state index in [-0.39, 0.29) is 0 Å². The molecule has 1 heteroatoms. The number of rotatable bonds is 2. The van der Waals surface area contributed by atoms with Crippen molar-refractivity contribution in [2.24, 2.45) is 0 Å². The molecule has 2 N–H and O–H groups in total. The molecule has 0 bridgehead atoms. The Bertz CT molecular complexity index is 1040. The van der Waals surface area contributed by atoms with Gasteiger partial charge < -0.3 is 5.73 Å². The highest BCUT2D eigenvalue weighted by Gasteiger charge is 2.46. The Labute approximate surface area is 153 Å². The van der Waals surface area contributed by atoms with Crippen LogP contribution in [0.4, 0.5) is 5.69 Å². The minimum absolute atomic E-state index is 0.430. The number of nitrogens with two attached hydrogens (primary N) is 1. The van der Waals surface area contributed by atoms with E-state index in [2.05, 4.69) is 91.0 Å². The average molecular weight is 331 g/mol. The van der Waals surface area contributed by atoms with Crippen LogP contribution in [-0.2, 0) is 5.41 Å². The monoisotopic (exact) mass is 331 g/mol. The zero-order chi connectivity index (χ0) is 17.6. The van der Waals surface area contributed by atoms with E-state index in [9.17, 15) is 0 Å². The molecule has 0 radical (unpaired) electrons. The number of hydrogen-bond donors (Lipinski definition) is 1.